The number of piperidine rings is 1. The third kappa shape index (κ3) is 3.06. The Balaban J connectivity index is 2.23. The molecule has 0 aliphatic carbocycles. The standard InChI is InChI=1S/C17H25NO/c1-11-9-12(2)14(4)17(13(11)3)16(19)10-15-7-5-6-8-18-15/h9,15,18H,5-8,10H2,1-4H3. The smallest absolute Gasteiger partial charge is 0.164 e. The number of ketones is 1. The van der Waals surface area contributed by atoms with Crippen LogP contribution in [-0.4, -0.2) is 18.4 Å². The number of benzene rings is 1. The Hall–Kier alpha value is -1.15. The van der Waals surface area contributed by atoms with Crippen molar-refractivity contribution in [2.24, 2.45) is 0 Å². The van der Waals surface area contributed by atoms with E-state index in [1.54, 1.807) is 0 Å². The topological polar surface area (TPSA) is 29.1 Å². The Kier molecular flexibility index (Phi) is 4.41. The molecule has 1 aliphatic rings. The van der Waals surface area contributed by atoms with E-state index in [0.717, 1.165) is 29.7 Å². The van der Waals surface area contributed by atoms with Crippen LogP contribution in [0.25, 0.3) is 0 Å². The zero-order valence-corrected chi connectivity index (χ0v) is 12.6. The van der Waals surface area contributed by atoms with E-state index in [4.69, 9.17) is 0 Å². The number of carbonyl (C=O) groups excluding carboxylic acids is 1. The predicted molar refractivity (Wildman–Crippen MR) is 80.0 cm³/mol. The third-order valence-corrected chi connectivity index (χ3v) is 4.49. The van der Waals surface area contributed by atoms with Crippen LogP contribution in [0.3, 0.4) is 0 Å². The summed E-state index contributed by atoms with van der Waals surface area (Å²) < 4.78 is 0. The third-order valence-electron chi connectivity index (χ3n) is 4.49. The number of carbonyl (C=O) groups is 1. The molecule has 0 aromatic heterocycles. The lowest BCUT2D eigenvalue weighted by atomic mass is 9.88. The van der Waals surface area contributed by atoms with Crippen molar-refractivity contribution in [1.82, 2.24) is 5.32 Å². The molecule has 1 unspecified atom stereocenters. The van der Waals surface area contributed by atoms with Gasteiger partial charge in [0.15, 0.2) is 5.78 Å². The fourth-order valence-corrected chi connectivity index (χ4v) is 3.06. The summed E-state index contributed by atoms with van der Waals surface area (Å²) in [6, 6.07) is 2.56. The summed E-state index contributed by atoms with van der Waals surface area (Å²) in [7, 11) is 0. The molecule has 1 aromatic carbocycles. The molecule has 0 radical (unpaired) electrons. The maximum atomic E-state index is 12.6. The fourth-order valence-electron chi connectivity index (χ4n) is 3.06. The predicted octanol–water partition coefficient (Wildman–Crippen LogP) is 3.64. The van der Waals surface area contributed by atoms with Gasteiger partial charge in [0, 0.05) is 18.0 Å². The first-order valence-corrected chi connectivity index (χ1v) is 7.34. The lowest BCUT2D eigenvalue weighted by molar-refractivity contribution is 0.0962. The van der Waals surface area contributed by atoms with Crippen molar-refractivity contribution in [3.05, 3.63) is 33.9 Å². The van der Waals surface area contributed by atoms with Gasteiger partial charge in [-0.3, -0.25) is 4.79 Å². The monoisotopic (exact) mass is 259 g/mol. The maximum absolute atomic E-state index is 12.6. The molecule has 1 N–H and O–H groups in total. The molecule has 104 valence electrons. The highest BCUT2D eigenvalue weighted by Gasteiger charge is 2.21. The minimum absolute atomic E-state index is 0.307. The van der Waals surface area contributed by atoms with Crippen LogP contribution in [0.15, 0.2) is 6.07 Å². The van der Waals surface area contributed by atoms with Gasteiger partial charge in [0.1, 0.15) is 0 Å². The van der Waals surface area contributed by atoms with Gasteiger partial charge in [0.2, 0.25) is 0 Å². The van der Waals surface area contributed by atoms with Gasteiger partial charge >= 0.3 is 0 Å². The van der Waals surface area contributed by atoms with Crippen molar-refractivity contribution >= 4 is 5.78 Å². The summed E-state index contributed by atoms with van der Waals surface area (Å²) in [5.41, 5.74) is 5.73. The molecule has 1 aromatic rings. The average Bonchev–Trinajstić information content (AvgIpc) is 2.38. The van der Waals surface area contributed by atoms with Gasteiger partial charge in [-0.15, -0.1) is 0 Å². The molecule has 19 heavy (non-hydrogen) atoms. The summed E-state index contributed by atoms with van der Waals surface area (Å²) in [6.45, 7) is 9.39. The van der Waals surface area contributed by atoms with E-state index in [1.165, 1.54) is 24.0 Å². The van der Waals surface area contributed by atoms with Gasteiger partial charge in [-0.25, -0.2) is 0 Å². The summed E-state index contributed by atoms with van der Waals surface area (Å²) in [6.07, 6.45) is 4.27. The number of hydrogen-bond acceptors (Lipinski definition) is 2. The molecular formula is C17H25NO. The molecule has 1 heterocycles. The minimum atomic E-state index is 0.307. The first-order chi connectivity index (χ1) is 9.00. The maximum Gasteiger partial charge on any atom is 0.164 e. The van der Waals surface area contributed by atoms with Gasteiger partial charge in [-0.2, -0.15) is 0 Å². The Morgan fingerprint density at radius 1 is 1.16 bits per heavy atom. The molecule has 1 aliphatic heterocycles. The van der Waals surface area contributed by atoms with Gasteiger partial charge in [-0.05, 0) is 69.3 Å². The first-order valence-electron chi connectivity index (χ1n) is 7.34. The highest BCUT2D eigenvalue weighted by atomic mass is 16.1. The van der Waals surface area contributed by atoms with Crippen LogP contribution in [-0.2, 0) is 0 Å². The SMILES string of the molecule is Cc1cc(C)c(C)c(C(=O)CC2CCCCN2)c1C. The summed E-state index contributed by atoms with van der Waals surface area (Å²) in [4.78, 5) is 12.6. The number of Topliss-reactive ketones (excluding diaryl/α,β-unsaturated/α-hetero) is 1. The highest BCUT2D eigenvalue weighted by molar-refractivity contribution is 5.99. The fraction of sp³-hybridized carbons (Fsp3) is 0.588. The van der Waals surface area contributed by atoms with Gasteiger partial charge in [0.05, 0.1) is 0 Å². The Morgan fingerprint density at radius 2 is 1.79 bits per heavy atom. The van der Waals surface area contributed by atoms with Crippen molar-refractivity contribution in [2.45, 2.75) is 59.4 Å². The Bertz CT molecular complexity index is 458. The molecule has 0 amide bonds. The Morgan fingerprint density at radius 3 is 2.32 bits per heavy atom. The van der Waals surface area contributed by atoms with Gasteiger partial charge < -0.3 is 5.32 Å². The lowest BCUT2D eigenvalue weighted by Gasteiger charge is -2.24. The number of nitrogens with one attached hydrogen (secondary N) is 1. The second kappa shape index (κ2) is 5.87. The molecule has 0 saturated carbocycles. The molecular weight excluding hydrogens is 234 g/mol. The van der Waals surface area contributed by atoms with E-state index in [2.05, 4.69) is 39.1 Å². The zero-order chi connectivity index (χ0) is 14.0. The van der Waals surface area contributed by atoms with Crippen molar-refractivity contribution in [3.63, 3.8) is 0 Å². The summed E-state index contributed by atoms with van der Waals surface area (Å²) >= 11 is 0. The van der Waals surface area contributed by atoms with E-state index >= 15 is 0 Å². The molecule has 1 fully saturated rings. The summed E-state index contributed by atoms with van der Waals surface area (Å²) in [5.74, 6) is 0.307. The second-order valence-electron chi connectivity index (χ2n) is 5.91. The van der Waals surface area contributed by atoms with Crippen LogP contribution in [0, 0.1) is 27.7 Å². The molecule has 1 atom stereocenters. The number of rotatable bonds is 3. The zero-order valence-electron chi connectivity index (χ0n) is 12.6. The van der Waals surface area contributed by atoms with Crippen LogP contribution in [0.1, 0.15) is 58.3 Å². The van der Waals surface area contributed by atoms with Gasteiger partial charge in [0.25, 0.3) is 0 Å². The molecule has 0 spiro atoms. The van der Waals surface area contributed by atoms with E-state index in [9.17, 15) is 4.79 Å². The molecule has 0 bridgehead atoms. The van der Waals surface area contributed by atoms with Crippen molar-refractivity contribution in [1.29, 1.82) is 0 Å². The van der Waals surface area contributed by atoms with Crippen LogP contribution in [0.2, 0.25) is 0 Å². The van der Waals surface area contributed by atoms with Crippen molar-refractivity contribution < 1.29 is 4.79 Å². The molecule has 2 rings (SSSR count). The van der Waals surface area contributed by atoms with E-state index in [0.29, 0.717) is 18.2 Å². The molecule has 2 heteroatoms. The first kappa shape index (κ1) is 14.3. The number of hydrogen-bond donors (Lipinski definition) is 1. The van der Waals surface area contributed by atoms with Crippen molar-refractivity contribution in [3.8, 4) is 0 Å². The van der Waals surface area contributed by atoms with E-state index < -0.39 is 0 Å². The Labute approximate surface area is 116 Å². The molecule has 1 saturated heterocycles. The van der Waals surface area contributed by atoms with E-state index in [1.807, 2.05) is 0 Å². The van der Waals surface area contributed by atoms with Crippen molar-refractivity contribution in [2.75, 3.05) is 6.54 Å². The molecule has 2 nitrogen and oxygen atoms in total. The quantitative estimate of drug-likeness (QED) is 0.840. The number of aryl methyl sites for hydroxylation is 2. The minimum Gasteiger partial charge on any atom is -0.314 e. The largest absolute Gasteiger partial charge is 0.314 e. The van der Waals surface area contributed by atoms with Crippen LogP contribution >= 0.6 is 0 Å². The van der Waals surface area contributed by atoms with Gasteiger partial charge in [-0.1, -0.05) is 12.5 Å². The summed E-state index contributed by atoms with van der Waals surface area (Å²) in [5, 5.41) is 3.47. The second-order valence-corrected chi connectivity index (χ2v) is 5.91. The van der Waals surface area contributed by atoms with Crippen LogP contribution in [0.4, 0.5) is 0 Å². The van der Waals surface area contributed by atoms with Crippen LogP contribution < -0.4 is 5.32 Å². The lowest BCUT2D eigenvalue weighted by Crippen LogP contribution is -2.35. The normalized spacial score (nSPS) is 19.5. The highest BCUT2D eigenvalue weighted by Crippen LogP contribution is 2.24. The average molecular weight is 259 g/mol. The van der Waals surface area contributed by atoms with Crippen LogP contribution in [0.5, 0.6) is 0 Å². The van der Waals surface area contributed by atoms with E-state index in [-0.39, 0.29) is 0 Å².